The molecule has 8 heteroatoms. The van der Waals surface area contributed by atoms with Crippen LogP contribution in [0.4, 0.5) is 0 Å². The van der Waals surface area contributed by atoms with Gasteiger partial charge in [-0.15, -0.1) is 0 Å². The third-order valence-corrected chi connectivity index (χ3v) is 7.10. The first-order valence-corrected chi connectivity index (χ1v) is 12.9. The van der Waals surface area contributed by atoms with Gasteiger partial charge < -0.3 is 14.6 Å². The highest BCUT2D eigenvalue weighted by Crippen LogP contribution is 2.22. The lowest BCUT2D eigenvalue weighted by molar-refractivity contribution is -0.126. The van der Waals surface area contributed by atoms with Crippen LogP contribution in [-0.2, 0) is 17.1 Å². The van der Waals surface area contributed by atoms with Gasteiger partial charge in [0.05, 0.1) is 13.7 Å². The minimum absolute atomic E-state index is 0.0795. The molecule has 7 nitrogen and oxygen atoms in total. The SMILES string of the molecule is COc1ccc(-c2noc(CN3CCC(C(=O)NCCSCc4ccc(C)cc4)CC3)n2)cc1. The van der Waals surface area contributed by atoms with E-state index in [1.165, 1.54) is 11.1 Å². The van der Waals surface area contributed by atoms with Gasteiger partial charge in [0.15, 0.2) is 0 Å². The zero-order valence-corrected chi connectivity index (χ0v) is 20.6. The van der Waals surface area contributed by atoms with E-state index >= 15 is 0 Å². The number of aromatic nitrogens is 2. The Balaban J connectivity index is 1.14. The normalized spacial score (nSPS) is 14.8. The summed E-state index contributed by atoms with van der Waals surface area (Å²) in [7, 11) is 1.64. The number of benzene rings is 2. The summed E-state index contributed by atoms with van der Waals surface area (Å²) in [6, 6.07) is 16.2. The van der Waals surface area contributed by atoms with Crippen LogP contribution in [0.2, 0.25) is 0 Å². The summed E-state index contributed by atoms with van der Waals surface area (Å²) in [5.41, 5.74) is 3.50. The molecule has 4 rings (SSSR count). The zero-order valence-electron chi connectivity index (χ0n) is 19.8. The molecule has 3 aromatic rings. The van der Waals surface area contributed by atoms with Crippen molar-refractivity contribution < 1.29 is 14.1 Å². The van der Waals surface area contributed by atoms with Gasteiger partial charge in [0.2, 0.25) is 17.6 Å². The van der Waals surface area contributed by atoms with E-state index in [1.54, 1.807) is 7.11 Å². The van der Waals surface area contributed by atoms with Gasteiger partial charge in [-0.05, 0) is 62.7 Å². The molecule has 2 aromatic carbocycles. The lowest BCUT2D eigenvalue weighted by Crippen LogP contribution is -2.40. The summed E-state index contributed by atoms with van der Waals surface area (Å²) in [6.45, 7) is 5.11. The number of thioether (sulfide) groups is 1. The predicted octanol–water partition coefficient (Wildman–Crippen LogP) is 4.32. The lowest BCUT2D eigenvalue weighted by atomic mass is 9.96. The quantitative estimate of drug-likeness (QED) is 0.433. The van der Waals surface area contributed by atoms with Crippen LogP contribution in [0.25, 0.3) is 11.4 Å². The van der Waals surface area contributed by atoms with E-state index in [0.29, 0.717) is 24.8 Å². The third-order valence-electron chi connectivity index (χ3n) is 6.07. The van der Waals surface area contributed by atoms with Crippen molar-refractivity contribution in [3.8, 4) is 17.1 Å². The molecular formula is C26H32N4O3S. The fourth-order valence-corrected chi connectivity index (χ4v) is 4.80. The molecule has 0 saturated carbocycles. The van der Waals surface area contributed by atoms with Crippen LogP contribution in [0.1, 0.15) is 29.9 Å². The Morgan fingerprint density at radius 3 is 2.59 bits per heavy atom. The first-order chi connectivity index (χ1) is 16.6. The van der Waals surface area contributed by atoms with E-state index in [-0.39, 0.29) is 11.8 Å². The van der Waals surface area contributed by atoms with Crippen LogP contribution in [0.15, 0.2) is 53.1 Å². The highest BCUT2D eigenvalue weighted by atomic mass is 32.2. The molecule has 1 aliphatic heterocycles. The summed E-state index contributed by atoms with van der Waals surface area (Å²) in [5.74, 6) is 4.12. The molecule has 1 saturated heterocycles. The maximum absolute atomic E-state index is 12.6. The topological polar surface area (TPSA) is 80.5 Å². The largest absolute Gasteiger partial charge is 0.497 e. The number of nitrogens with zero attached hydrogens (tertiary/aromatic N) is 3. The smallest absolute Gasteiger partial charge is 0.241 e. The van der Waals surface area contributed by atoms with Crippen LogP contribution < -0.4 is 10.1 Å². The Labute approximate surface area is 205 Å². The number of nitrogens with one attached hydrogen (secondary N) is 1. The van der Waals surface area contributed by atoms with Crippen molar-refractivity contribution >= 4 is 17.7 Å². The molecule has 0 atom stereocenters. The second-order valence-electron chi connectivity index (χ2n) is 8.62. The third kappa shape index (κ3) is 6.84. The fraction of sp³-hybridized carbons (Fsp3) is 0.423. The minimum atomic E-state index is 0.0795. The van der Waals surface area contributed by atoms with Gasteiger partial charge in [0.25, 0.3) is 0 Å². The average molecular weight is 481 g/mol. The number of hydrogen-bond donors (Lipinski definition) is 1. The molecule has 0 spiro atoms. The van der Waals surface area contributed by atoms with E-state index in [9.17, 15) is 4.79 Å². The average Bonchev–Trinajstić information content (AvgIpc) is 3.34. The number of piperidine rings is 1. The van der Waals surface area contributed by atoms with Crippen LogP contribution >= 0.6 is 11.8 Å². The highest BCUT2D eigenvalue weighted by Gasteiger charge is 2.25. The van der Waals surface area contributed by atoms with Crippen molar-refractivity contribution in [3.05, 3.63) is 65.5 Å². The number of ether oxygens (including phenoxy) is 1. The maximum Gasteiger partial charge on any atom is 0.241 e. The van der Waals surface area contributed by atoms with Crippen LogP contribution in [-0.4, -0.2) is 53.4 Å². The number of carbonyl (C=O) groups is 1. The molecule has 0 aliphatic carbocycles. The molecule has 0 bridgehead atoms. The molecular weight excluding hydrogens is 448 g/mol. The van der Waals surface area contributed by atoms with Crippen LogP contribution in [0.5, 0.6) is 5.75 Å². The molecule has 0 unspecified atom stereocenters. The Kier molecular flexibility index (Phi) is 8.60. The summed E-state index contributed by atoms with van der Waals surface area (Å²) >= 11 is 1.85. The van der Waals surface area contributed by atoms with Crippen molar-refractivity contribution in [1.29, 1.82) is 0 Å². The van der Waals surface area contributed by atoms with Gasteiger partial charge >= 0.3 is 0 Å². The Morgan fingerprint density at radius 1 is 1.15 bits per heavy atom. The van der Waals surface area contributed by atoms with E-state index in [1.807, 2.05) is 36.0 Å². The van der Waals surface area contributed by atoms with Crippen LogP contribution in [0, 0.1) is 12.8 Å². The van der Waals surface area contributed by atoms with Gasteiger partial charge in [-0.2, -0.15) is 16.7 Å². The summed E-state index contributed by atoms with van der Waals surface area (Å²) in [5, 5.41) is 7.22. The zero-order chi connectivity index (χ0) is 23.8. The van der Waals surface area contributed by atoms with E-state index < -0.39 is 0 Å². The second-order valence-corrected chi connectivity index (χ2v) is 9.73. The van der Waals surface area contributed by atoms with Crippen molar-refractivity contribution in [2.24, 2.45) is 5.92 Å². The molecule has 1 amide bonds. The molecule has 1 aliphatic rings. The van der Waals surface area contributed by atoms with Crippen molar-refractivity contribution in [2.45, 2.75) is 32.1 Å². The second kappa shape index (κ2) is 12.0. The molecule has 1 N–H and O–H groups in total. The number of rotatable bonds is 10. The number of amides is 1. The molecule has 2 heterocycles. The van der Waals surface area contributed by atoms with Gasteiger partial charge in [-0.1, -0.05) is 35.0 Å². The predicted molar refractivity (Wildman–Crippen MR) is 135 cm³/mol. The van der Waals surface area contributed by atoms with Crippen molar-refractivity contribution in [2.75, 3.05) is 32.5 Å². The van der Waals surface area contributed by atoms with Crippen molar-refractivity contribution in [3.63, 3.8) is 0 Å². The molecule has 180 valence electrons. The molecule has 0 radical (unpaired) electrons. The van der Waals surface area contributed by atoms with Gasteiger partial charge in [-0.3, -0.25) is 9.69 Å². The van der Waals surface area contributed by atoms with E-state index in [2.05, 4.69) is 51.5 Å². The lowest BCUT2D eigenvalue weighted by Gasteiger charge is -2.30. The van der Waals surface area contributed by atoms with E-state index in [0.717, 1.165) is 48.7 Å². The molecule has 1 aromatic heterocycles. The first-order valence-electron chi connectivity index (χ1n) is 11.7. The van der Waals surface area contributed by atoms with E-state index in [4.69, 9.17) is 9.26 Å². The maximum atomic E-state index is 12.6. The number of hydrogen-bond acceptors (Lipinski definition) is 7. The Morgan fingerprint density at radius 2 is 1.88 bits per heavy atom. The first kappa shape index (κ1) is 24.3. The molecule has 34 heavy (non-hydrogen) atoms. The summed E-state index contributed by atoms with van der Waals surface area (Å²) in [6.07, 6.45) is 1.70. The number of methoxy groups -OCH3 is 1. The van der Waals surface area contributed by atoms with Crippen molar-refractivity contribution in [1.82, 2.24) is 20.4 Å². The fourth-order valence-electron chi connectivity index (χ4n) is 3.99. The monoisotopic (exact) mass is 480 g/mol. The van der Waals surface area contributed by atoms with Gasteiger partial charge in [-0.25, -0.2) is 0 Å². The minimum Gasteiger partial charge on any atom is -0.497 e. The Bertz CT molecular complexity index is 1040. The number of aryl methyl sites for hydroxylation is 1. The summed E-state index contributed by atoms with van der Waals surface area (Å²) < 4.78 is 10.6. The summed E-state index contributed by atoms with van der Waals surface area (Å²) in [4.78, 5) is 19.3. The Hall–Kier alpha value is -2.84. The highest BCUT2D eigenvalue weighted by molar-refractivity contribution is 7.98. The van der Waals surface area contributed by atoms with Crippen LogP contribution in [0.3, 0.4) is 0 Å². The van der Waals surface area contributed by atoms with Gasteiger partial charge in [0.1, 0.15) is 5.75 Å². The number of carbonyl (C=O) groups excluding carboxylic acids is 1. The number of likely N-dealkylation sites (tertiary alicyclic amines) is 1. The standard InChI is InChI=1S/C26H32N4O3S/c1-19-3-5-20(6-4-19)18-34-16-13-27-26(31)22-11-14-30(15-12-22)17-24-28-25(29-33-24)21-7-9-23(32-2)10-8-21/h3-10,22H,11-18H2,1-2H3,(H,27,31). The van der Waals surface area contributed by atoms with Gasteiger partial charge in [0, 0.05) is 29.5 Å². The molecule has 1 fully saturated rings.